The first-order valence-electron chi connectivity index (χ1n) is 6.32. The maximum atomic E-state index is 5.43. The van der Waals surface area contributed by atoms with Gasteiger partial charge in [-0.25, -0.2) is 5.84 Å². The van der Waals surface area contributed by atoms with Crippen molar-refractivity contribution in [3.63, 3.8) is 0 Å². The van der Waals surface area contributed by atoms with Crippen LogP contribution >= 0.6 is 0 Å². The third-order valence-corrected chi connectivity index (χ3v) is 3.52. The number of nitrogens with zero attached hydrogens (tertiary/aromatic N) is 5. The molecule has 1 aliphatic heterocycles. The fourth-order valence-corrected chi connectivity index (χ4v) is 2.56. The van der Waals surface area contributed by atoms with Crippen molar-refractivity contribution in [2.24, 2.45) is 5.84 Å². The lowest BCUT2D eigenvalue weighted by Crippen LogP contribution is -2.51. The highest BCUT2D eigenvalue weighted by Crippen LogP contribution is 2.26. The van der Waals surface area contributed by atoms with Crippen LogP contribution in [0.3, 0.4) is 0 Å². The van der Waals surface area contributed by atoms with Gasteiger partial charge in [0, 0.05) is 25.7 Å². The molecule has 1 unspecified atom stereocenters. The summed E-state index contributed by atoms with van der Waals surface area (Å²) in [6.45, 7) is 5.14. The zero-order chi connectivity index (χ0) is 13.4. The third-order valence-electron chi connectivity index (χ3n) is 3.52. The Morgan fingerprint density at radius 3 is 3.00 bits per heavy atom. The number of rotatable bonds is 2. The van der Waals surface area contributed by atoms with E-state index in [1.54, 1.807) is 6.20 Å². The molecule has 0 radical (unpaired) electrons. The first kappa shape index (κ1) is 12.1. The van der Waals surface area contributed by atoms with Crippen LogP contribution in [0.25, 0.3) is 11.0 Å². The molecule has 0 aromatic carbocycles. The Balaban J connectivity index is 2.05. The summed E-state index contributed by atoms with van der Waals surface area (Å²) in [6.07, 6.45) is 1.76. The highest BCUT2D eigenvalue weighted by molar-refractivity contribution is 5.87. The normalized spacial score (nSPS) is 21.0. The Morgan fingerprint density at radius 2 is 2.26 bits per heavy atom. The zero-order valence-corrected chi connectivity index (χ0v) is 11.1. The third kappa shape index (κ3) is 2.08. The highest BCUT2D eigenvalue weighted by Gasteiger charge is 2.25. The van der Waals surface area contributed by atoms with E-state index in [4.69, 9.17) is 5.84 Å². The molecule has 0 aliphatic carbocycles. The van der Waals surface area contributed by atoms with Crippen molar-refractivity contribution in [3.05, 3.63) is 6.20 Å². The number of nitrogens with one attached hydrogen (secondary N) is 2. The number of nitrogen functional groups attached to an aromatic ring is 1. The SMILES string of the molecule is CC1CN(C)CCN1c1nc(NN)nc2[nH]ncc12. The molecule has 8 heteroatoms. The smallest absolute Gasteiger partial charge is 0.241 e. The largest absolute Gasteiger partial charge is 0.351 e. The van der Waals surface area contributed by atoms with Crippen molar-refractivity contribution in [2.75, 3.05) is 37.0 Å². The lowest BCUT2D eigenvalue weighted by molar-refractivity contribution is 0.275. The first-order valence-corrected chi connectivity index (χ1v) is 6.32. The molecule has 102 valence electrons. The van der Waals surface area contributed by atoms with E-state index < -0.39 is 0 Å². The van der Waals surface area contributed by atoms with Gasteiger partial charge in [0.2, 0.25) is 5.95 Å². The van der Waals surface area contributed by atoms with Crippen molar-refractivity contribution in [1.29, 1.82) is 0 Å². The van der Waals surface area contributed by atoms with E-state index in [0.717, 1.165) is 30.8 Å². The second-order valence-electron chi connectivity index (χ2n) is 4.95. The van der Waals surface area contributed by atoms with Crippen LogP contribution in [0.4, 0.5) is 11.8 Å². The van der Waals surface area contributed by atoms with Crippen molar-refractivity contribution in [3.8, 4) is 0 Å². The van der Waals surface area contributed by atoms with Gasteiger partial charge in [-0.3, -0.25) is 10.5 Å². The Labute approximate surface area is 111 Å². The number of H-pyrrole nitrogens is 1. The van der Waals surface area contributed by atoms with Crippen molar-refractivity contribution in [2.45, 2.75) is 13.0 Å². The molecule has 1 atom stereocenters. The topological polar surface area (TPSA) is 99.0 Å². The molecule has 8 nitrogen and oxygen atoms in total. The van der Waals surface area contributed by atoms with Crippen LogP contribution in [0.1, 0.15) is 6.92 Å². The fraction of sp³-hybridized carbons (Fsp3) is 0.545. The van der Waals surface area contributed by atoms with Gasteiger partial charge < -0.3 is 9.80 Å². The summed E-state index contributed by atoms with van der Waals surface area (Å²) in [5, 5.41) is 7.83. The van der Waals surface area contributed by atoms with E-state index in [2.05, 4.69) is 49.4 Å². The number of nitrogens with two attached hydrogens (primary N) is 1. The summed E-state index contributed by atoms with van der Waals surface area (Å²) in [5.41, 5.74) is 3.20. The van der Waals surface area contributed by atoms with Crippen LogP contribution < -0.4 is 16.2 Å². The van der Waals surface area contributed by atoms with Gasteiger partial charge in [0.05, 0.1) is 11.6 Å². The molecular weight excluding hydrogens is 244 g/mol. The number of likely N-dealkylation sites (N-methyl/N-ethyl adjacent to an activating group) is 1. The van der Waals surface area contributed by atoms with Gasteiger partial charge in [-0.2, -0.15) is 15.1 Å². The number of aromatic nitrogens is 4. The maximum absolute atomic E-state index is 5.43. The van der Waals surface area contributed by atoms with Gasteiger partial charge >= 0.3 is 0 Å². The van der Waals surface area contributed by atoms with Crippen molar-refractivity contribution < 1.29 is 0 Å². The van der Waals surface area contributed by atoms with E-state index in [-0.39, 0.29) is 0 Å². The zero-order valence-electron chi connectivity index (χ0n) is 11.1. The lowest BCUT2D eigenvalue weighted by atomic mass is 10.2. The lowest BCUT2D eigenvalue weighted by Gasteiger charge is -2.39. The van der Waals surface area contributed by atoms with E-state index in [1.807, 2.05) is 0 Å². The van der Waals surface area contributed by atoms with Crippen LogP contribution in [-0.4, -0.2) is 57.8 Å². The predicted molar refractivity (Wildman–Crippen MR) is 73.8 cm³/mol. The molecule has 1 aliphatic rings. The number of hydrogen-bond acceptors (Lipinski definition) is 7. The molecule has 0 spiro atoms. The molecule has 3 rings (SSSR count). The summed E-state index contributed by atoms with van der Waals surface area (Å²) < 4.78 is 0. The van der Waals surface area contributed by atoms with Gasteiger partial charge in [0.15, 0.2) is 5.65 Å². The number of fused-ring (bicyclic) bond motifs is 1. The molecule has 4 N–H and O–H groups in total. The molecule has 1 fully saturated rings. The Kier molecular flexibility index (Phi) is 2.96. The molecule has 2 aromatic heterocycles. The molecule has 1 saturated heterocycles. The molecule has 2 aromatic rings. The first-order chi connectivity index (χ1) is 9.19. The average Bonchev–Trinajstić information content (AvgIpc) is 2.86. The van der Waals surface area contributed by atoms with Gasteiger partial charge in [0.1, 0.15) is 5.82 Å². The van der Waals surface area contributed by atoms with E-state index >= 15 is 0 Å². The summed E-state index contributed by atoms with van der Waals surface area (Å²) in [5.74, 6) is 6.71. The number of aromatic amines is 1. The Hall–Kier alpha value is -1.93. The fourth-order valence-electron chi connectivity index (χ4n) is 2.56. The van der Waals surface area contributed by atoms with Gasteiger partial charge in [-0.05, 0) is 14.0 Å². The quantitative estimate of drug-likeness (QED) is 0.508. The number of hydrogen-bond donors (Lipinski definition) is 3. The van der Waals surface area contributed by atoms with Crippen molar-refractivity contribution >= 4 is 22.8 Å². The van der Waals surface area contributed by atoms with Crippen LogP contribution in [0, 0.1) is 0 Å². The standard InChI is InChI=1S/C11H18N8/c1-7-6-18(2)3-4-19(7)10-8-5-13-17-9(8)14-11(15-10)16-12/h5,7H,3-4,6,12H2,1-2H3,(H2,13,14,15,16,17). The van der Waals surface area contributed by atoms with E-state index in [9.17, 15) is 0 Å². The van der Waals surface area contributed by atoms with Crippen molar-refractivity contribution in [1.82, 2.24) is 25.1 Å². The van der Waals surface area contributed by atoms with Crippen LogP contribution in [-0.2, 0) is 0 Å². The summed E-state index contributed by atoms with van der Waals surface area (Å²) >= 11 is 0. The average molecular weight is 262 g/mol. The summed E-state index contributed by atoms with van der Waals surface area (Å²) in [7, 11) is 2.13. The highest BCUT2D eigenvalue weighted by atomic mass is 15.4. The van der Waals surface area contributed by atoms with Gasteiger partial charge in [-0.15, -0.1) is 0 Å². The minimum Gasteiger partial charge on any atom is -0.351 e. The number of hydrazine groups is 1. The molecule has 0 saturated carbocycles. The number of piperazine rings is 1. The van der Waals surface area contributed by atoms with Gasteiger partial charge in [-0.1, -0.05) is 0 Å². The minimum absolute atomic E-state index is 0.386. The minimum atomic E-state index is 0.386. The summed E-state index contributed by atoms with van der Waals surface area (Å²) in [4.78, 5) is 13.3. The molecule has 0 amide bonds. The van der Waals surface area contributed by atoms with E-state index in [1.165, 1.54) is 0 Å². The Bertz CT molecular complexity index is 579. The molecule has 3 heterocycles. The molecular formula is C11H18N8. The second kappa shape index (κ2) is 4.63. The van der Waals surface area contributed by atoms with Crippen LogP contribution in [0.15, 0.2) is 6.20 Å². The maximum Gasteiger partial charge on any atom is 0.241 e. The second-order valence-corrected chi connectivity index (χ2v) is 4.95. The monoisotopic (exact) mass is 262 g/mol. The van der Waals surface area contributed by atoms with Crippen LogP contribution in [0.5, 0.6) is 0 Å². The number of anilines is 2. The van der Waals surface area contributed by atoms with Gasteiger partial charge in [0.25, 0.3) is 0 Å². The Morgan fingerprint density at radius 1 is 1.42 bits per heavy atom. The predicted octanol–water partition coefficient (Wildman–Crippen LogP) is -0.221. The van der Waals surface area contributed by atoms with E-state index in [0.29, 0.717) is 17.6 Å². The molecule has 0 bridgehead atoms. The van der Waals surface area contributed by atoms with Crippen LogP contribution in [0.2, 0.25) is 0 Å². The summed E-state index contributed by atoms with van der Waals surface area (Å²) in [6, 6.07) is 0.386. The molecule has 19 heavy (non-hydrogen) atoms.